The van der Waals surface area contributed by atoms with Crippen LogP contribution in [0.5, 0.6) is 0 Å². The number of carbonyl (C=O) groups is 1. The Morgan fingerprint density at radius 2 is 1.79 bits per heavy atom. The molecule has 1 aromatic carbocycles. The summed E-state index contributed by atoms with van der Waals surface area (Å²) in [6, 6.07) is 2.01. The molecule has 1 aliphatic carbocycles. The highest BCUT2D eigenvalue weighted by molar-refractivity contribution is 7.93. The molecule has 0 atom stereocenters. The molecule has 1 N–H and O–H groups in total. The highest BCUT2D eigenvalue weighted by Gasteiger charge is 2.54. The van der Waals surface area contributed by atoms with Crippen LogP contribution in [0.25, 0.3) is 0 Å². The molecule has 0 aromatic heterocycles. The zero-order chi connectivity index (χ0) is 14.3. The lowest BCUT2D eigenvalue weighted by Crippen LogP contribution is -2.44. The summed E-state index contributed by atoms with van der Waals surface area (Å²) in [5, 5.41) is 9.23. The van der Waals surface area contributed by atoms with Gasteiger partial charge in [0.1, 0.15) is 16.5 Å². The van der Waals surface area contributed by atoms with Crippen LogP contribution in [0.3, 0.4) is 0 Å². The van der Waals surface area contributed by atoms with E-state index >= 15 is 0 Å². The molecule has 0 bridgehead atoms. The average molecular weight is 290 g/mol. The van der Waals surface area contributed by atoms with Crippen LogP contribution in [-0.2, 0) is 14.6 Å². The molecular formula is C12H12F2O4S. The fourth-order valence-electron chi connectivity index (χ4n) is 2.44. The summed E-state index contributed by atoms with van der Waals surface area (Å²) in [7, 11) is -4.47. The molecule has 0 heterocycles. The second kappa shape index (κ2) is 4.56. The molecule has 1 fully saturated rings. The lowest BCUT2D eigenvalue weighted by Gasteiger charge is -2.24. The van der Waals surface area contributed by atoms with E-state index in [0.29, 0.717) is 25.0 Å². The third kappa shape index (κ3) is 2.01. The molecule has 1 aromatic rings. The summed E-state index contributed by atoms with van der Waals surface area (Å²) in [4.78, 5) is 10.5. The van der Waals surface area contributed by atoms with Gasteiger partial charge in [-0.1, -0.05) is 12.8 Å². The molecule has 0 unspecified atom stereocenters. The van der Waals surface area contributed by atoms with E-state index in [0.717, 1.165) is 6.07 Å². The van der Waals surface area contributed by atoms with Crippen LogP contribution in [0, 0.1) is 11.6 Å². The van der Waals surface area contributed by atoms with Crippen molar-refractivity contribution in [2.45, 2.75) is 35.3 Å². The number of aliphatic carboxylic acids is 1. The van der Waals surface area contributed by atoms with Crippen molar-refractivity contribution in [1.82, 2.24) is 0 Å². The van der Waals surface area contributed by atoms with E-state index in [1.807, 2.05) is 0 Å². The van der Waals surface area contributed by atoms with E-state index in [4.69, 9.17) is 0 Å². The lowest BCUT2D eigenvalue weighted by atomic mass is 10.1. The van der Waals surface area contributed by atoms with Crippen LogP contribution >= 0.6 is 0 Å². The molecule has 0 saturated heterocycles. The summed E-state index contributed by atoms with van der Waals surface area (Å²) in [5.74, 6) is -3.55. The predicted molar refractivity (Wildman–Crippen MR) is 62.4 cm³/mol. The van der Waals surface area contributed by atoms with Crippen molar-refractivity contribution >= 4 is 15.8 Å². The third-order valence-electron chi connectivity index (χ3n) is 3.50. The van der Waals surface area contributed by atoms with Crippen LogP contribution in [0.2, 0.25) is 0 Å². The molecule has 0 spiro atoms. The number of rotatable bonds is 3. The molecule has 0 radical (unpaired) electrons. The van der Waals surface area contributed by atoms with Gasteiger partial charge in [0.15, 0.2) is 14.6 Å². The molecular weight excluding hydrogens is 278 g/mol. The van der Waals surface area contributed by atoms with E-state index in [1.165, 1.54) is 0 Å². The van der Waals surface area contributed by atoms with Crippen LogP contribution in [0.15, 0.2) is 23.1 Å². The number of halogens is 2. The van der Waals surface area contributed by atoms with Crippen molar-refractivity contribution in [3.8, 4) is 0 Å². The number of benzene rings is 1. The van der Waals surface area contributed by atoms with Gasteiger partial charge in [-0.15, -0.1) is 0 Å². The third-order valence-corrected chi connectivity index (χ3v) is 6.00. The van der Waals surface area contributed by atoms with Gasteiger partial charge >= 0.3 is 5.97 Å². The van der Waals surface area contributed by atoms with Crippen LogP contribution < -0.4 is 0 Å². The largest absolute Gasteiger partial charge is 0.480 e. The van der Waals surface area contributed by atoms with Gasteiger partial charge in [-0.3, -0.25) is 4.79 Å². The fourth-order valence-corrected chi connectivity index (χ4v) is 4.51. The molecule has 1 aliphatic rings. The quantitative estimate of drug-likeness (QED) is 0.925. The Morgan fingerprint density at radius 3 is 2.32 bits per heavy atom. The highest BCUT2D eigenvalue weighted by Crippen LogP contribution is 2.41. The summed E-state index contributed by atoms with van der Waals surface area (Å²) in [5.41, 5.74) is 0. The van der Waals surface area contributed by atoms with Gasteiger partial charge in [-0.25, -0.2) is 17.2 Å². The highest BCUT2D eigenvalue weighted by atomic mass is 32.2. The van der Waals surface area contributed by atoms with Crippen molar-refractivity contribution in [2.75, 3.05) is 0 Å². The summed E-state index contributed by atoms with van der Waals surface area (Å²) in [6.45, 7) is 0. The maximum atomic E-state index is 13.6. The Labute approximate surface area is 109 Å². The average Bonchev–Trinajstić information content (AvgIpc) is 2.83. The summed E-state index contributed by atoms with van der Waals surface area (Å²) < 4.78 is 49.5. The maximum Gasteiger partial charge on any atom is 0.325 e. The number of hydrogen-bond acceptors (Lipinski definition) is 3. The van der Waals surface area contributed by atoms with Crippen molar-refractivity contribution in [3.63, 3.8) is 0 Å². The first kappa shape index (κ1) is 13.9. The Bertz CT molecular complexity index is 619. The Hall–Kier alpha value is -1.50. The van der Waals surface area contributed by atoms with Gasteiger partial charge in [-0.2, -0.15) is 0 Å². The second-order valence-electron chi connectivity index (χ2n) is 4.58. The molecule has 1 saturated carbocycles. The minimum absolute atomic E-state index is 0.0827. The summed E-state index contributed by atoms with van der Waals surface area (Å²) in [6.07, 6.45) is 0.701. The van der Waals surface area contributed by atoms with E-state index in [9.17, 15) is 27.1 Å². The zero-order valence-electron chi connectivity index (χ0n) is 9.90. The second-order valence-corrected chi connectivity index (χ2v) is 6.81. The minimum atomic E-state index is -4.47. The van der Waals surface area contributed by atoms with Crippen molar-refractivity contribution < 1.29 is 27.1 Å². The molecule has 104 valence electrons. The standard InChI is InChI=1S/C12H12F2O4S/c13-8-3-4-9(14)10(7-8)19(17,18)12(11(15)16)5-1-2-6-12/h3-4,7H,1-2,5-6H2,(H,15,16). The van der Waals surface area contributed by atoms with Gasteiger partial charge in [0, 0.05) is 0 Å². The normalized spacial score (nSPS) is 18.4. The van der Waals surface area contributed by atoms with Gasteiger partial charge in [-0.05, 0) is 31.0 Å². The Kier molecular flexibility index (Phi) is 3.34. The molecule has 0 amide bonds. The predicted octanol–water partition coefficient (Wildman–Crippen LogP) is 2.14. The first-order valence-electron chi connectivity index (χ1n) is 5.74. The van der Waals surface area contributed by atoms with Crippen LogP contribution in [0.1, 0.15) is 25.7 Å². The SMILES string of the molecule is O=C(O)C1(S(=O)(=O)c2cc(F)ccc2F)CCCC1. The zero-order valence-corrected chi connectivity index (χ0v) is 10.7. The molecule has 4 nitrogen and oxygen atoms in total. The van der Waals surface area contributed by atoms with E-state index in [2.05, 4.69) is 0 Å². The molecule has 0 aliphatic heterocycles. The van der Waals surface area contributed by atoms with Crippen molar-refractivity contribution in [3.05, 3.63) is 29.8 Å². The number of hydrogen-bond donors (Lipinski definition) is 1. The Morgan fingerprint density at radius 1 is 1.21 bits per heavy atom. The number of carboxylic acids is 1. The Balaban J connectivity index is 2.64. The van der Waals surface area contributed by atoms with Gasteiger partial charge < -0.3 is 5.11 Å². The van der Waals surface area contributed by atoms with Crippen LogP contribution in [-0.4, -0.2) is 24.2 Å². The molecule has 7 heteroatoms. The minimum Gasteiger partial charge on any atom is -0.480 e. The monoisotopic (exact) mass is 290 g/mol. The first-order valence-corrected chi connectivity index (χ1v) is 7.23. The van der Waals surface area contributed by atoms with E-state index < -0.39 is 37.1 Å². The smallest absolute Gasteiger partial charge is 0.325 e. The van der Waals surface area contributed by atoms with E-state index in [-0.39, 0.29) is 12.8 Å². The summed E-state index contributed by atoms with van der Waals surface area (Å²) >= 11 is 0. The van der Waals surface area contributed by atoms with Gasteiger partial charge in [0.05, 0.1) is 0 Å². The van der Waals surface area contributed by atoms with Crippen LogP contribution in [0.4, 0.5) is 8.78 Å². The van der Waals surface area contributed by atoms with Gasteiger partial charge in [0.2, 0.25) is 0 Å². The lowest BCUT2D eigenvalue weighted by molar-refractivity contribution is -0.139. The number of carboxylic acid groups (broad SMARTS) is 1. The number of sulfone groups is 1. The van der Waals surface area contributed by atoms with Crippen molar-refractivity contribution in [2.24, 2.45) is 0 Å². The van der Waals surface area contributed by atoms with Gasteiger partial charge in [0.25, 0.3) is 0 Å². The first-order chi connectivity index (χ1) is 8.81. The fraction of sp³-hybridized carbons (Fsp3) is 0.417. The topological polar surface area (TPSA) is 71.4 Å². The van der Waals surface area contributed by atoms with E-state index in [1.54, 1.807) is 0 Å². The maximum absolute atomic E-state index is 13.6. The molecule has 2 rings (SSSR count). The van der Waals surface area contributed by atoms with Crippen molar-refractivity contribution in [1.29, 1.82) is 0 Å². The molecule has 19 heavy (non-hydrogen) atoms.